The number of carbonyl (C=O) groups excluding carboxylic acids is 3. The van der Waals surface area contributed by atoms with E-state index in [1.807, 2.05) is 27.7 Å². The number of rotatable bonds is 0. The molecule has 2 saturated heterocycles. The Morgan fingerprint density at radius 3 is 1.45 bits per heavy atom. The van der Waals surface area contributed by atoms with Gasteiger partial charge in [-0.1, -0.05) is 0 Å². The molecular formula is C13H20N2O5S2. The second kappa shape index (κ2) is 6.19. The Kier molecular flexibility index (Phi) is 4.86. The van der Waals surface area contributed by atoms with E-state index in [9.17, 15) is 14.4 Å². The summed E-state index contributed by atoms with van der Waals surface area (Å²) in [6, 6.07) is 0. The van der Waals surface area contributed by atoms with Gasteiger partial charge in [0.2, 0.25) is 0 Å². The molecule has 0 radical (unpaired) electrons. The van der Waals surface area contributed by atoms with Gasteiger partial charge in [-0.15, -0.1) is 23.5 Å². The van der Waals surface area contributed by atoms with E-state index in [0.717, 1.165) is 0 Å². The molecule has 0 aliphatic carbocycles. The van der Waals surface area contributed by atoms with Crippen LogP contribution in [-0.4, -0.2) is 62.5 Å². The van der Waals surface area contributed by atoms with Crippen molar-refractivity contribution in [3.63, 3.8) is 0 Å². The van der Waals surface area contributed by atoms with Crippen LogP contribution in [0.4, 0.5) is 14.4 Å². The summed E-state index contributed by atoms with van der Waals surface area (Å²) in [4.78, 5) is 38.0. The second-order valence-electron chi connectivity index (χ2n) is 6.45. The largest absolute Gasteiger partial charge is 0.526 e. The standard InChI is InChI=1S/C13H20N2O5S2/c1-12(2)5-14(7-21-12)9(16)19-11(18)20-10(17)15-6-13(3,4)22-8-15/h5-8H2,1-4H3. The molecule has 0 spiro atoms. The van der Waals surface area contributed by atoms with Crippen molar-refractivity contribution in [3.8, 4) is 0 Å². The molecule has 2 heterocycles. The molecule has 7 nitrogen and oxygen atoms in total. The Morgan fingerprint density at radius 2 is 1.18 bits per heavy atom. The van der Waals surface area contributed by atoms with Gasteiger partial charge in [0, 0.05) is 22.6 Å². The zero-order valence-electron chi connectivity index (χ0n) is 13.1. The third kappa shape index (κ3) is 4.45. The lowest BCUT2D eigenvalue weighted by Gasteiger charge is -2.18. The number of ether oxygens (including phenoxy) is 2. The molecule has 9 heteroatoms. The van der Waals surface area contributed by atoms with Gasteiger partial charge in [0.15, 0.2) is 0 Å². The van der Waals surface area contributed by atoms with Crippen molar-refractivity contribution in [2.45, 2.75) is 37.2 Å². The highest BCUT2D eigenvalue weighted by molar-refractivity contribution is 8.01. The van der Waals surface area contributed by atoms with Gasteiger partial charge in [0.05, 0.1) is 11.8 Å². The van der Waals surface area contributed by atoms with E-state index in [0.29, 0.717) is 24.8 Å². The van der Waals surface area contributed by atoms with Crippen molar-refractivity contribution in [3.05, 3.63) is 0 Å². The van der Waals surface area contributed by atoms with Gasteiger partial charge >= 0.3 is 18.3 Å². The second-order valence-corrected chi connectivity index (χ2v) is 9.75. The molecule has 2 aliphatic heterocycles. The maximum atomic E-state index is 11.8. The van der Waals surface area contributed by atoms with Crippen molar-refractivity contribution in [1.82, 2.24) is 9.80 Å². The van der Waals surface area contributed by atoms with E-state index in [-0.39, 0.29) is 9.49 Å². The van der Waals surface area contributed by atoms with Gasteiger partial charge in [0.1, 0.15) is 0 Å². The summed E-state index contributed by atoms with van der Waals surface area (Å²) in [5, 5.41) is 0. The van der Waals surface area contributed by atoms with Crippen LogP contribution in [-0.2, 0) is 9.47 Å². The molecule has 22 heavy (non-hydrogen) atoms. The maximum absolute atomic E-state index is 11.8. The summed E-state index contributed by atoms with van der Waals surface area (Å²) in [6.45, 7) is 8.96. The topological polar surface area (TPSA) is 76.1 Å². The van der Waals surface area contributed by atoms with Crippen LogP contribution >= 0.6 is 23.5 Å². The maximum Gasteiger partial charge on any atom is 0.526 e. The van der Waals surface area contributed by atoms with Gasteiger partial charge in [-0.2, -0.15) is 0 Å². The first-order valence-corrected chi connectivity index (χ1v) is 8.80. The lowest BCUT2D eigenvalue weighted by atomic mass is 10.2. The first kappa shape index (κ1) is 17.3. The summed E-state index contributed by atoms with van der Waals surface area (Å²) in [6.07, 6.45) is -2.85. The van der Waals surface area contributed by atoms with Crippen LogP contribution in [0.2, 0.25) is 0 Å². The molecule has 2 rings (SSSR count). The molecule has 0 unspecified atom stereocenters. The number of nitrogens with zero attached hydrogens (tertiary/aromatic N) is 2. The SMILES string of the molecule is CC1(C)CN(C(=O)OC(=O)OC(=O)N2CSC(C)(C)C2)CS1. The molecule has 0 aromatic rings. The zero-order chi connectivity index (χ0) is 16.5. The average Bonchev–Trinajstić information content (AvgIpc) is 2.91. The molecule has 0 bridgehead atoms. The Hall–Kier alpha value is -1.09. The number of hydrogen-bond acceptors (Lipinski definition) is 7. The predicted octanol–water partition coefficient (Wildman–Crippen LogP) is 2.95. The van der Waals surface area contributed by atoms with Crippen LogP contribution < -0.4 is 0 Å². The van der Waals surface area contributed by atoms with E-state index in [4.69, 9.17) is 0 Å². The predicted molar refractivity (Wildman–Crippen MR) is 84.8 cm³/mol. The number of hydrogen-bond donors (Lipinski definition) is 0. The highest BCUT2D eigenvalue weighted by atomic mass is 32.2. The molecule has 0 atom stereocenters. The molecule has 0 saturated carbocycles. The van der Waals surface area contributed by atoms with Gasteiger partial charge < -0.3 is 9.47 Å². The molecule has 0 aromatic heterocycles. The quantitative estimate of drug-likeness (QED) is 0.492. The highest BCUT2D eigenvalue weighted by Gasteiger charge is 2.37. The molecule has 124 valence electrons. The fourth-order valence-electron chi connectivity index (χ4n) is 2.13. The van der Waals surface area contributed by atoms with Gasteiger partial charge in [-0.05, 0) is 27.7 Å². The van der Waals surface area contributed by atoms with Gasteiger partial charge in [0.25, 0.3) is 0 Å². The smallest absolute Gasteiger partial charge is 0.343 e. The normalized spacial score (nSPS) is 22.5. The summed E-state index contributed by atoms with van der Waals surface area (Å²) in [5.74, 6) is 0.897. The lowest BCUT2D eigenvalue weighted by Crippen LogP contribution is -2.37. The Morgan fingerprint density at radius 1 is 0.818 bits per heavy atom. The monoisotopic (exact) mass is 348 g/mol. The first-order valence-electron chi connectivity index (χ1n) is 6.83. The number of thioether (sulfide) groups is 2. The van der Waals surface area contributed by atoms with Crippen LogP contribution in [0.25, 0.3) is 0 Å². The number of carbonyl (C=O) groups is 3. The Balaban J connectivity index is 1.78. The average molecular weight is 348 g/mol. The van der Waals surface area contributed by atoms with Crippen molar-refractivity contribution < 1.29 is 23.9 Å². The van der Waals surface area contributed by atoms with Gasteiger partial charge in [-0.3, -0.25) is 9.80 Å². The van der Waals surface area contributed by atoms with Crippen LogP contribution in [0.1, 0.15) is 27.7 Å². The fourth-order valence-corrected chi connectivity index (χ4v) is 4.03. The summed E-state index contributed by atoms with van der Waals surface area (Å²) >= 11 is 3.18. The van der Waals surface area contributed by atoms with Crippen molar-refractivity contribution in [1.29, 1.82) is 0 Å². The highest BCUT2D eigenvalue weighted by Crippen LogP contribution is 2.34. The first-order chi connectivity index (χ1) is 10.1. The van der Waals surface area contributed by atoms with E-state index >= 15 is 0 Å². The van der Waals surface area contributed by atoms with E-state index in [2.05, 4.69) is 9.47 Å². The van der Waals surface area contributed by atoms with Crippen molar-refractivity contribution in [2.24, 2.45) is 0 Å². The Labute approximate surface area is 138 Å². The molecular weight excluding hydrogens is 328 g/mol. The molecule has 0 aromatic carbocycles. The summed E-state index contributed by atoms with van der Waals surface area (Å²) < 4.78 is 8.99. The zero-order valence-corrected chi connectivity index (χ0v) is 14.7. The number of amides is 2. The molecule has 2 aliphatic rings. The third-order valence-electron chi connectivity index (χ3n) is 3.22. The summed E-state index contributed by atoms with van der Waals surface area (Å²) in [7, 11) is 0. The van der Waals surface area contributed by atoms with Crippen LogP contribution in [0.5, 0.6) is 0 Å². The molecule has 2 fully saturated rings. The van der Waals surface area contributed by atoms with Crippen LogP contribution in [0, 0.1) is 0 Å². The third-order valence-corrected chi connectivity index (χ3v) is 5.93. The van der Waals surface area contributed by atoms with Crippen molar-refractivity contribution in [2.75, 3.05) is 24.8 Å². The van der Waals surface area contributed by atoms with E-state index in [1.165, 1.54) is 9.80 Å². The van der Waals surface area contributed by atoms with Crippen LogP contribution in [0.3, 0.4) is 0 Å². The Bertz CT molecular complexity index is 453. The van der Waals surface area contributed by atoms with Gasteiger partial charge in [-0.25, -0.2) is 14.4 Å². The van der Waals surface area contributed by atoms with E-state index < -0.39 is 18.3 Å². The minimum absolute atomic E-state index is 0.0723. The van der Waals surface area contributed by atoms with Crippen LogP contribution in [0.15, 0.2) is 0 Å². The molecule has 0 N–H and O–H groups in total. The van der Waals surface area contributed by atoms with E-state index in [1.54, 1.807) is 23.5 Å². The molecule has 2 amide bonds. The lowest BCUT2D eigenvalue weighted by molar-refractivity contribution is 0.0682. The van der Waals surface area contributed by atoms with Crippen molar-refractivity contribution >= 4 is 41.9 Å². The minimum atomic E-state index is -1.28. The summed E-state index contributed by atoms with van der Waals surface area (Å²) in [5.41, 5.74) is 0. The fraction of sp³-hybridized carbons (Fsp3) is 0.769. The minimum Gasteiger partial charge on any atom is -0.343 e.